The summed E-state index contributed by atoms with van der Waals surface area (Å²) in [5, 5.41) is 4.69. The molecule has 7 heteroatoms. The van der Waals surface area contributed by atoms with Gasteiger partial charge in [-0.05, 0) is 44.8 Å². The van der Waals surface area contributed by atoms with E-state index < -0.39 is 11.9 Å². The number of hydrogen-bond donors (Lipinski definition) is 0. The fourth-order valence-electron chi connectivity index (χ4n) is 5.21. The fourth-order valence-corrected chi connectivity index (χ4v) is 5.21. The first-order chi connectivity index (χ1) is 19.0. The van der Waals surface area contributed by atoms with Crippen molar-refractivity contribution >= 4 is 44.5 Å². The lowest BCUT2D eigenvalue weighted by Crippen LogP contribution is -3.00. The molecular formula is C33H27BrN2O4. The number of methoxy groups -OCH3 is 2. The van der Waals surface area contributed by atoms with Crippen LogP contribution in [0.3, 0.4) is 0 Å². The number of ether oxygens (including phenoxy) is 2. The van der Waals surface area contributed by atoms with Gasteiger partial charge in [0.2, 0.25) is 6.33 Å². The molecule has 0 spiro atoms. The molecular weight excluding hydrogens is 568 g/mol. The molecule has 6 aromatic rings. The molecule has 0 radical (unpaired) electrons. The molecule has 0 saturated heterocycles. The van der Waals surface area contributed by atoms with E-state index in [1.54, 1.807) is 12.1 Å². The van der Waals surface area contributed by atoms with Gasteiger partial charge in [-0.2, -0.15) is 0 Å². The Bertz CT molecular complexity index is 1760. The van der Waals surface area contributed by atoms with Crippen LogP contribution in [0, 0.1) is 0 Å². The Kier molecular flexibility index (Phi) is 7.67. The van der Waals surface area contributed by atoms with Crippen LogP contribution in [-0.2, 0) is 22.6 Å². The van der Waals surface area contributed by atoms with Crippen LogP contribution in [0.15, 0.2) is 103 Å². The lowest BCUT2D eigenvalue weighted by atomic mass is 10.0. The number of hydrogen-bond acceptors (Lipinski definition) is 4. The number of carbonyl (C=O) groups excluding carboxylic acids is 2. The standard InChI is InChI=1S/C33H27N2O4.BrH/c1-38-32(36)28-17-30-31(18-29(28)33(37)39-2)35(20-23-12-14-25-8-4-6-10-27(25)16-23)21-34(30)19-22-11-13-24-7-3-5-9-26(24)15-22;/h3-18,21H,19-20H2,1-2H3;1H/q+1;/p-1. The Morgan fingerprint density at radius 1 is 0.675 bits per heavy atom. The summed E-state index contributed by atoms with van der Waals surface area (Å²) < 4.78 is 14.2. The maximum atomic E-state index is 12.7. The second-order valence-corrected chi connectivity index (χ2v) is 9.60. The van der Waals surface area contributed by atoms with Crippen molar-refractivity contribution in [3.63, 3.8) is 0 Å². The van der Waals surface area contributed by atoms with Crippen molar-refractivity contribution in [2.24, 2.45) is 0 Å². The topological polar surface area (TPSA) is 61.4 Å². The second-order valence-electron chi connectivity index (χ2n) is 9.60. The summed E-state index contributed by atoms with van der Waals surface area (Å²) in [6, 6.07) is 32.8. The van der Waals surface area contributed by atoms with E-state index >= 15 is 0 Å². The number of imidazole rings is 1. The van der Waals surface area contributed by atoms with Gasteiger partial charge >= 0.3 is 11.9 Å². The lowest BCUT2D eigenvalue weighted by Gasteiger charge is -2.07. The Hall–Kier alpha value is -4.49. The Balaban J connectivity index is 0.00000323. The van der Waals surface area contributed by atoms with Crippen LogP contribution < -0.4 is 21.5 Å². The first kappa shape index (κ1) is 27.1. The van der Waals surface area contributed by atoms with Crippen molar-refractivity contribution < 1.29 is 40.6 Å². The van der Waals surface area contributed by atoms with E-state index in [0.29, 0.717) is 13.1 Å². The third kappa shape index (κ3) is 5.08. The molecule has 0 unspecified atom stereocenters. The van der Waals surface area contributed by atoms with Crippen LogP contribution in [-0.4, -0.2) is 30.7 Å². The van der Waals surface area contributed by atoms with E-state index in [-0.39, 0.29) is 28.1 Å². The minimum absolute atomic E-state index is 0. The maximum Gasteiger partial charge on any atom is 0.338 e. The Labute approximate surface area is 242 Å². The highest BCUT2D eigenvalue weighted by atomic mass is 79.9. The van der Waals surface area contributed by atoms with Crippen LogP contribution in [0.25, 0.3) is 32.6 Å². The number of halogens is 1. The summed E-state index contributed by atoms with van der Waals surface area (Å²) in [7, 11) is 2.61. The molecule has 1 heterocycles. The molecule has 6 nitrogen and oxygen atoms in total. The smallest absolute Gasteiger partial charge is 0.338 e. The Morgan fingerprint density at radius 2 is 1.20 bits per heavy atom. The van der Waals surface area contributed by atoms with Crippen molar-refractivity contribution in [3.8, 4) is 0 Å². The highest BCUT2D eigenvalue weighted by Gasteiger charge is 2.26. The third-order valence-corrected chi connectivity index (χ3v) is 7.16. The molecule has 40 heavy (non-hydrogen) atoms. The zero-order chi connectivity index (χ0) is 26.9. The van der Waals surface area contributed by atoms with Gasteiger partial charge in [-0.3, -0.25) is 0 Å². The average Bonchev–Trinajstić information content (AvgIpc) is 3.30. The van der Waals surface area contributed by atoms with E-state index in [9.17, 15) is 9.59 Å². The number of carbonyl (C=O) groups is 2. The van der Waals surface area contributed by atoms with E-state index in [4.69, 9.17) is 9.47 Å². The van der Waals surface area contributed by atoms with Crippen LogP contribution in [0.1, 0.15) is 31.8 Å². The van der Waals surface area contributed by atoms with Crippen molar-refractivity contribution in [3.05, 3.63) is 126 Å². The number of benzene rings is 5. The minimum atomic E-state index is -0.586. The summed E-state index contributed by atoms with van der Waals surface area (Å²) >= 11 is 0. The van der Waals surface area contributed by atoms with E-state index in [2.05, 4.69) is 69.8 Å². The average molecular weight is 595 g/mol. The quantitative estimate of drug-likeness (QED) is 0.220. The summed E-state index contributed by atoms with van der Waals surface area (Å²) in [6.45, 7) is 1.18. The number of esters is 2. The summed E-state index contributed by atoms with van der Waals surface area (Å²) in [4.78, 5) is 25.4. The van der Waals surface area contributed by atoms with Gasteiger partial charge in [-0.1, -0.05) is 72.8 Å². The summed E-state index contributed by atoms with van der Waals surface area (Å²) in [6.07, 6.45) is 2.04. The van der Waals surface area contributed by atoms with E-state index in [1.165, 1.54) is 35.8 Å². The first-order valence-electron chi connectivity index (χ1n) is 12.7. The Morgan fingerprint density at radius 3 is 1.80 bits per heavy atom. The number of rotatable bonds is 6. The molecule has 0 atom stereocenters. The number of fused-ring (bicyclic) bond motifs is 3. The van der Waals surface area contributed by atoms with Crippen molar-refractivity contribution in [2.45, 2.75) is 13.1 Å². The van der Waals surface area contributed by atoms with Gasteiger partial charge in [0.15, 0.2) is 11.0 Å². The van der Waals surface area contributed by atoms with E-state index in [0.717, 1.165) is 22.2 Å². The van der Waals surface area contributed by atoms with Gasteiger partial charge in [0.05, 0.1) is 25.3 Å². The predicted octanol–water partition coefficient (Wildman–Crippen LogP) is 2.91. The molecule has 0 N–H and O–H groups in total. The van der Waals surface area contributed by atoms with Gasteiger partial charge in [-0.15, -0.1) is 0 Å². The van der Waals surface area contributed by atoms with Crippen LogP contribution in [0.2, 0.25) is 0 Å². The molecule has 5 aromatic carbocycles. The maximum absolute atomic E-state index is 12.7. The third-order valence-electron chi connectivity index (χ3n) is 7.16. The molecule has 0 fully saturated rings. The number of aromatic nitrogens is 2. The molecule has 0 saturated carbocycles. The lowest BCUT2D eigenvalue weighted by molar-refractivity contribution is -0.663. The normalized spacial score (nSPS) is 10.9. The minimum Gasteiger partial charge on any atom is -1.00 e. The molecule has 0 bridgehead atoms. The molecule has 6 rings (SSSR count). The largest absolute Gasteiger partial charge is 1.00 e. The SMILES string of the molecule is COC(=O)c1cc2c(cc1C(=O)OC)[n+](Cc1ccc3ccccc3c1)cn2Cc1ccc2ccccc2c1.[Br-]. The van der Waals surface area contributed by atoms with Gasteiger partial charge in [-0.25, -0.2) is 18.7 Å². The monoisotopic (exact) mass is 594 g/mol. The zero-order valence-electron chi connectivity index (χ0n) is 22.1. The predicted molar refractivity (Wildman–Crippen MR) is 151 cm³/mol. The molecule has 0 aliphatic heterocycles. The van der Waals surface area contributed by atoms with Crippen molar-refractivity contribution in [1.29, 1.82) is 0 Å². The van der Waals surface area contributed by atoms with Gasteiger partial charge in [0.25, 0.3) is 0 Å². The molecule has 0 aliphatic carbocycles. The van der Waals surface area contributed by atoms with Crippen molar-refractivity contribution in [1.82, 2.24) is 4.57 Å². The van der Waals surface area contributed by atoms with Gasteiger partial charge in [0.1, 0.15) is 13.1 Å². The fraction of sp³-hybridized carbons (Fsp3) is 0.121. The van der Waals surface area contributed by atoms with Gasteiger partial charge in [0, 0.05) is 12.1 Å². The summed E-state index contributed by atoms with van der Waals surface area (Å²) in [5.41, 5.74) is 4.23. The molecule has 1 aromatic heterocycles. The second kappa shape index (κ2) is 11.3. The van der Waals surface area contributed by atoms with E-state index in [1.807, 2.05) is 30.6 Å². The molecule has 200 valence electrons. The van der Waals surface area contributed by atoms with Crippen LogP contribution in [0.4, 0.5) is 0 Å². The van der Waals surface area contributed by atoms with Crippen LogP contribution >= 0.6 is 0 Å². The zero-order valence-corrected chi connectivity index (χ0v) is 23.7. The highest BCUT2D eigenvalue weighted by Crippen LogP contribution is 2.24. The highest BCUT2D eigenvalue weighted by molar-refractivity contribution is 6.06. The molecule has 0 aliphatic rings. The van der Waals surface area contributed by atoms with Crippen molar-refractivity contribution in [2.75, 3.05) is 14.2 Å². The number of nitrogens with zero attached hydrogens (tertiary/aromatic N) is 2. The van der Waals surface area contributed by atoms with Gasteiger partial charge < -0.3 is 26.5 Å². The summed E-state index contributed by atoms with van der Waals surface area (Å²) in [5.74, 6) is -1.17. The first-order valence-corrected chi connectivity index (χ1v) is 12.7. The van der Waals surface area contributed by atoms with Crippen LogP contribution in [0.5, 0.6) is 0 Å². The molecule has 0 amide bonds.